The summed E-state index contributed by atoms with van der Waals surface area (Å²) in [5.74, 6) is -0.435. The van der Waals surface area contributed by atoms with Crippen LogP contribution in [0.1, 0.15) is 21.5 Å². The number of carbonyl (C=O) groups is 1. The van der Waals surface area contributed by atoms with Crippen molar-refractivity contribution >= 4 is 17.2 Å². The Morgan fingerprint density at radius 3 is 2.48 bits per heavy atom. The predicted molar refractivity (Wildman–Crippen MR) is 90.2 cm³/mol. The normalized spacial score (nSPS) is 11.3. The molecule has 0 saturated carbocycles. The van der Waals surface area contributed by atoms with Crippen LogP contribution in [-0.2, 0) is 12.7 Å². The Hall–Kier alpha value is -2.67. The molecule has 1 N–H and O–H groups in total. The van der Waals surface area contributed by atoms with Crippen LogP contribution in [0.15, 0.2) is 59.6 Å². The first kappa shape index (κ1) is 17.2. The Morgan fingerprint density at radius 1 is 1.08 bits per heavy atom. The maximum atomic E-state index is 12.5. The molecule has 3 rings (SSSR count). The Morgan fingerprint density at radius 2 is 1.84 bits per heavy atom. The molecule has 3 nitrogen and oxygen atoms in total. The Bertz CT molecular complexity index is 859. The van der Waals surface area contributed by atoms with Gasteiger partial charge in [-0.15, -0.1) is 0 Å². The van der Waals surface area contributed by atoms with Crippen LogP contribution in [0.5, 0.6) is 0 Å². The summed E-state index contributed by atoms with van der Waals surface area (Å²) in [5.41, 5.74) is 2.20. The van der Waals surface area contributed by atoms with Crippen molar-refractivity contribution in [1.29, 1.82) is 0 Å². The van der Waals surface area contributed by atoms with E-state index in [1.54, 1.807) is 23.7 Å². The molecule has 1 amide bonds. The molecule has 0 atom stereocenters. The lowest BCUT2D eigenvalue weighted by Gasteiger charge is -2.09. The molecule has 3 aromatic rings. The average Bonchev–Trinajstić information content (AvgIpc) is 3.14. The van der Waals surface area contributed by atoms with Crippen molar-refractivity contribution in [1.82, 2.24) is 10.3 Å². The van der Waals surface area contributed by atoms with E-state index in [4.69, 9.17) is 0 Å². The van der Waals surface area contributed by atoms with Crippen LogP contribution < -0.4 is 5.32 Å². The maximum absolute atomic E-state index is 12.5. The van der Waals surface area contributed by atoms with E-state index in [2.05, 4.69) is 10.3 Å². The minimum absolute atomic E-state index is 0.176. The molecule has 2 heterocycles. The number of hydrogen-bond donors (Lipinski definition) is 1. The van der Waals surface area contributed by atoms with E-state index in [9.17, 15) is 18.0 Å². The van der Waals surface area contributed by atoms with Crippen LogP contribution in [0.2, 0.25) is 0 Å². The Kier molecular flexibility index (Phi) is 4.85. The molecule has 0 fully saturated rings. The zero-order chi connectivity index (χ0) is 17.9. The first-order chi connectivity index (χ1) is 11.9. The van der Waals surface area contributed by atoms with Gasteiger partial charge in [0.2, 0.25) is 0 Å². The number of pyridine rings is 1. The van der Waals surface area contributed by atoms with Crippen molar-refractivity contribution in [2.24, 2.45) is 0 Å². The molecule has 0 aliphatic carbocycles. The second-order valence-electron chi connectivity index (χ2n) is 5.35. The van der Waals surface area contributed by atoms with E-state index in [1.807, 2.05) is 22.9 Å². The molecular weight excluding hydrogens is 349 g/mol. The lowest BCUT2D eigenvalue weighted by Crippen LogP contribution is -2.23. The topological polar surface area (TPSA) is 42.0 Å². The number of carbonyl (C=O) groups excluding carboxylic acids is 1. The van der Waals surface area contributed by atoms with Crippen molar-refractivity contribution in [3.63, 3.8) is 0 Å². The third-order valence-corrected chi connectivity index (χ3v) is 4.26. The van der Waals surface area contributed by atoms with E-state index < -0.39 is 17.6 Å². The van der Waals surface area contributed by atoms with Crippen LogP contribution in [0.3, 0.4) is 0 Å². The fraction of sp³-hybridized carbons (Fsp3) is 0.111. The molecule has 7 heteroatoms. The number of amides is 1. The third-order valence-electron chi connectivity index (χ3n) is 3.58. The summed E-state index contributed by atoms with van der Waals surface area (Å²) in [4.78, 5) is 16.2. The van der Waals surface area contributed by atoms with Gasteiger partial charge in [0, 0.05) is 30.1 Å². The van der Waals surface area contributed by atoms with E-state index in [0.717, 1.165) is 41.0 Å². The molecule has 0 unspecified atom stereocenters. The van der Waals surface area contributed by atoms with Crippen molar-refractivity contribution < 1.29 is 18.0 Å². The third kappa shape index (κ3) is 4.24. The largest absolute Gasteiger partial charge is 0.416 e. The fourth-order valence-corrected chi connectivity index (χ4v) is 2.93. The smallest absolute Gasteiger partial charge is 0.348 e. The molecule has 0 aliphatic rings. The minimum atomic E-state index is -4.41. The average molecular weight is 362 g/mol. The first-order valence-corrected chi connectivity index (χ1v) is 8.30. The second kappa shape index (κ2) is 7.06. The minimum Gasteiger partial charge on any atom is -0.348 e. The zero-order valence-corrected chi connectivity index (χ0v) is 13.7. The van der Waals surface area contributed by atoms with Crippen LogP contribution >= 0.6 is 11.3 Å². The predicted octanol–water partition coefficient (Wildman–Crippen LogP) is 4.76. The highest BCUT2D eigenvalue weighted by Crippen LogP contribution is 2.29. The number of nitrogens with zero attached hydrogens (tertiary/aromatic N) is 1. The van der Waals surface area contributed by atoms with Gasteiger partial charge in [0.05, 0.1) is 5.56 Å². The van der Waals surface area contributed by atoms with Crippen LogP contribution in [0.25, 0.3) is 11.1 Å². The van der Waals surface area contributed by atoms with E-state index in [-0.39, 0.29) is 12.1 Å². The molecule has 128 valence electrons. The number of aromatic nitrogens is 1. The summed E-state index contributed by atoms with van der Waals surface area (Å²) in [6, 6.07) is 8.02. The van der Waals surface area contributed by atoms with Gasteiger partial charge in [-0.05, 0) is 58.3 Å². The van der Waals surface area contributed by atoms with Crippen molar-refractivity contribution in [3.05, 3.63) is 76.2 Å². The number of nitrogens with one attached hydrogen (secondary N) is 1. The lowest BCUT2D eigenvalue weighted by atomic mass is 10.1. The summed E-state index contributed by atoms with van der Waals surface area (Å²) < 4.78 is 37.6. The van der Waals surface area contributed by atoms with E-state index >= 15 is 0 Å². The van der Waals surface area contributed by atoms with E-state index in [1.165, 1.54) is 0 Å². The van der Waals surface area contributed by atoms with Gasteiger partial charge in [0.1, 0.15) is 0 Å². The van der Waals surface area contributed by atoms with Gasteiger partial charge in [-0.25, -0.2) is 0 Å². The van der Waals surface area contributed by atoms with Crippen molar-refractivity contribution in [3.8, 4) is 11.1 Å². The molecule has 0 aliphatic heterocycles. The summed E-state index contributed by atoms with van der Waals surface area (Å²) >= 11 is 1.58. The van der Waals surface area contributed by atoms with Gasteiger partial charge in [0.15, 0.2) is 0 Å². The van der Waals surface area contributed by atoms with Gasteiger partial charge in [-0.1, -0.05) is 0 Å². The number of hydrogen-bond acceptors (Lipinski definition) is 3. The Labute approximate surface area is 146 Å². The first-order valence-electron chi connectivity index (χ1n) is 7.35. The number of halogens is 3. The molecule has 2 aromatic heterocycles. The molecule has 1 aromatic carbocycles. The standard InChI is InChI=1S/C18H13F3N2OS/c19-18(20,21)16-3-1-13(2-4-16)17(24)23-9-12-7-15(10-22-8-12)14-5-6-25-11-14/h1-8,10-11H,9H2,(H,23,24). The van der Waals surface area contributed by atoms with Gasteiger partial charge >= 0.3 is 6.18 Å². The van der Waals surface area contributed by atoms with Gasteiger partial charge < -0.3 is 5.32 Å². The SMILES string of the molecule is O=C(NCc1cncc(-c2ccsc2)c1)c1ccc(C(F)(F)F)cc1. The number of thiophene rings is 1. The van der Waals surface area contributed by atoms with Crippen LogP contribution in [0.4, 0.5) is 13.2 Å². The van der Waals surface area contributed by atoms with Gasteiger partial charge in [-0.2, -0.15) is 24.5 Å². The highest BCUT2D eigenvalue weighted by Gasteiger charge is 2.30. The summed E-state index contributed by atoms with van der Waals surface area (Å²) in [7, 11) is 0. The lowest BCUT2D eigenvalue weighted by molar-refractivity contribution is -0.137. The molecular formula is C18H13F3N2OS. The second-order valence-corrected chi connectivity index (χ2v) is 6.13. The molecule has 0 saturated heterocycles. The van der Waals surface area contributed by atoms with E-state index in [0.29, 0.717) is 0 Å². The number of rotatable bonds is 4. The van der Waals surface area contributed by atoms with Crippen LogP contribution in [0, 0.1) is 0 Å². The van der Waals surface area contributed by atoms with Gasteiger partial charge in [0.25, 0.3) is 5.91 Å². The number of alkyl halides is 3. The summed E-state index contributed by atoms with van der Waals surface area (Å²) in [5, 5.41) is 6.66. The molecule has 25 heavy (non-hydrogen) atoms. The maximum Gasteiger partial charge on any atom is 0.416 e. The highest BCUT2D eigenvalue weighted by atomic mass is 32.1. The molecule has 0 bridgehead atoms. The quantitative estimate of drug-likeness (QED) is 0.727. The summed E-state index contributed by atoms with van der Waals surface area (Å²) in [6.07, 6.45) is -1.03. The number of benzene rings is 1. The molecule has 0 spiro atoms. The van der Waals surface area contributed by atoms with Gasteiger partial charge in [-0.3, -0.25) is 9.78 Å². The molecule has 0 radical (unpaired) electrons. The Balaban J connectivity index is 1.65. The van der Waals surface area contributed by atoms with Crippen LogP contribution in [-0.4, -0.2) is 10.9 Å². The zero-order valence-electron chi connectivity index (χ0n) is 12.9. The monoisotopic (exact) mass is 362 g/mol. The van der Waals surface area contributed by atoms with Crippen molar-refractivity contribution in [2.75, 3.05) is 0 Å². The summed E-state index contributed by atoms with van der Waals surface area (Å²) in [6.45, 7) is 0.241. The fourth-order valence-electron chi connectivity index (χ4n) is 2.27. The van der Waals surface area contributed by atoms with Crippen molar-refractivity contribution in [2.45, 2.75) is 12.7 Å². The highest BCUT2D eigenvalue weighted by molar-refractivity contribution is 7.08.